The standard InChI is InChI=1S/C28H30Br2N2O3S/c1-5-10-35-25-21(29)12-17(13-22(25)30)15-32-27-24(26(33)31-16-19-7-6-11-34-19)20-9-8-18(28(2,3)4)14-23(20)36-27/h5-7,11-13,15,18H,1,8-10,14,16H2,2-4H3,(H,31,33)/t18-/m0/s1. The number of amides is 1. The van der Waals surface area contributed by atoms with Gasteiger partial charge in [-0.15, -0.1) is 11.3 Å². The lowest BCUT2D eigenvalue weighted by molar-refractivity contribution is 0.0947. The van der Waals surface area contributed by atoms with E-state index < -0.39 is 0 Å². The van der Waals surface area contributed by atoms with Gasteiger partial charge in [-0.05, 0) is 97.8 Å². The number of furan rings is 1. The van der Waals surface area contributed by atoms with E-state index >= 15 is 0 Å². The summed E-state index contributed by atoms with van der Waals surface area (Å²) in [5.74, 6) is 1.90. The summed E-state index contributed by atoms with van der Waals surface area (Å²) in [6, 6.07) is 7.58. The first-order chi connectivity index (χ1) is 17.2. The molecule has 1 aliphatic rings. The van der Waals surface area contributed by atoms with Crippen LogP contribution in [0.25, 0.3) is 0 Å². The number of ether oxygens (including phenoxy) is 1. The molecule has 4 rings (SSSR count). The van der Waals surface area contributed by atoms with Crippen LogP contribution in [0.2, 0.25) is 0 Å². The molecule has 0 saturated heterocycles. The highest BCUT2D eigenvalue weighted by molar-refractivity contribution is 9.11. The van der Waals surface area contributed by atoms with E-state index in [1.54, 1.807) is 29.9 Å². The molecular formula is C28H30Br2N2O3S. The van der Waals surface area contributed by atoms with Crippen molar-refractivity contribution < 1.29 is 13.9 Å². The molecule has 3 aromatic rings. The topological polar surface area (TPSA) is 63.8 Å². The molecule has 1 N–H and O–H groups in total. The van der Waals surface area contributed by atoms with Crippen LogP contribution in [0, 0.1) is 11.3 Å². The van der Waals surface area contributed by atoms with Crippen LogP contribution >= 0.6 is 43.2 Å². The molecule has 190 valence electrons. The van der Waals surface area contributed by atoms with Gasteiger partial charge < -0.3 is 14.5 Å². The van der Waals surface area contributed by atoms with Gasteiger partial charge in [-0.2, -0.15) is 0 Å². The van der Waals surface area contributed by atoms with Crippen LogP contribution in [0.1, 0.15) is 59.3 Å². The van der Waals surface area contributed by atoms with Crippen LogP contribution in [-0.4, -0.2) is 18.7 Å². The molecule has 2 heterocycles. The molecule has 5 nitrogen and oxygen atoms in total. The summed E-state index contributed by atoms with van der Waals surface area (Å²) in [4.78, 5) is 19.5. The van der Waals surface area contributed by atoms with E-state index in [1.807, 2.05) is 24.3 Å². The fraction of sp³-hybridized carbons (Fsp3) is 0.357. The molecule has 0 saturated carbocycles. The molecule has 0 spiro atoms. The Bertz CT molecular complexity index is 1250. The third-order valence-corrected chi connectivity index (χ3v) is 8.74. The van der Waals surface area contributed by atoms with Gasteiger partial charge in [0.05, 0.1) is 27.3 Å². The van der Waals surface area contributed by atoms with Crippen LogP contribution in [0.3, 0.4) is 0 Å². The molecule has 1 aromatic carbocycles. The van der Waals surface area contributed by atoms with Gasteiger partial charge in [0.2, 0.25) is 0 Å². The normalized spacial score (nSPS) is 15.6. The van der Waals surface area contributed by atoms with Crippen molar-refractivity contribution >= 4 is 60.3 Å². The van der Waals surface area contributed by atoms with Crippen LogP contribution in [0.4, 0.5) is 5.00 Å². The number of nitrogens with zero attached hydrogens (tertiary/aromatic N) is 1. The predicted molar refractivity (Wildman–Crippen MR) is 154 cm³/mol. The van der Waals surface area contributed by atoms with Gasteiger partial charge in [0, 0.05) is 11.1 Å². The number of rotatable bonds is 8. The quantitative estimate of drug-likeness (QED) is 0.201. The minimum absolute atomic E-state index is 0.110. The SMILES string of the molecule is C=CCOc1c(Br)cc(C=Nc2sc3c(c2C(=O)NCc2ccco2)CC[C@H](C(C)(C)C)C3)cc1Br. The molecule has 0 aliphatic heterocycles. The number of nitrogens with one attached hydrogen (secondary N) is 1. The number of carbonyl (C=O) groups is 1. The maximum Gasteiger partial charge on any atom is 0.255 e. The second-order valence-corrected chi connectivity index (χ2v) is 12.7. The average Bonchev–Trinajstić information content (AvgIpc) is 3.47. The molecule has 0 radical (unpaired) electrons. The number of halogens is 2. The Kier molecular flexibility index (Phi) is 8.58. The minimum atomic E-state index is -0.110. The Hall–Kier alpha value is -2.16. The highest BCUT2D eigenvalue weighted by Crippen LogP contribution is 2.45. The van der Waals surface area contributed by atoms with E-state index in [0.717, 1.165) is 50.1 Å². The second-order valence-electron chi connectivity index (χ2n) is 9.92. The van der Waals surface area contributed by atoms with Gasteiger partial charge >= 0.3 is 0 Å². The molecule has 1 aliphatic carbocycles. The molecule has 2 aromatic heterocycles. The number of carbonyl (C=O) groups excluding carboxylic acids is 1. The Morgan fingerprint density at radius 1 is 1.33 bits per heavy atom. The van der Waals surface area contributed by atoms with Crippen molar-refractivity contribution in [1.82, 2.24) is 5.32 Å². The fourth-order valence-corrected chi connectivity index (χ4v) is 7.09. The third-order valence-electron chi connectivity index (χ3n) is 6.40. The number of aliphatic imine (C=N–C) groups is 1. The zero-order valence-electron chi connectivity index (χ0n) is 20.7. The van der Waals surface area contributed by atoms with Crippen molar-refractivity contribution in [2.75, 3.05) is 6.61 Å². The first kappa shape index (κ1) is 26.9. The maximum absolute atomic E-state index is 13.4. The molecule has 1 amide bonds. The molecule has 0 bridgehead atoms. The van der Waals surface area contributed by atoms with Gasteiger partial charge in [0.25, 0.3) is 5.91 Å². The van der Waals surface area contributed by atoms with Crippen LogP contribution < -0.4 is 10.1 Å². The van der Waals surface area contributed by atoms with Crippen molar-refractivity contribution in [3.05, 3.63) is 79.5 Å². The summed E-state index contributed by atoms with van der Waals surface area (Å²) in [5.41, 5.74) is 2.94. The zero-order valence-corrected chi connectivity index (χ0v) is 24.7. The summed E-state index contributed by atoms with van der Waals surface area (Å²) in [5, 5.41) is 3.76. The summed E-state index contributed by atoms with van der Waals surface area (Å²) < 4.78 is 12.7. The number of benzene rings is 1. The van der Waals surface area contributed by atoms with Crippen molar-refractivity contribution in [1.29, 1.82) is 0 Å². The van der Waals surface area contributed by atoms with Gasteiger partial charge in [0.1, 0.15) is 23.1 Å². The number of hydrogen-bond acceptors (Lipinski definition) is 5. The van der Waals surface area contributed by atoms with Gasteiger partial charge in [0.15, 0.2) is 0 Å². The molecule has 1 atom stereocenters. The number of hydrogen-bond donors (Lipinski definition) is 1. The van der Waals surface area contributed by atoms with E-state index in [2.05, 4.69) is 64.5 Å². The number of thiophene rings is 1. The van der Waals surface area contributed by atoms with Crippen molar-refractivity contribution in [3.8, 4) is 5.75 Å². The van der Waals surface area contributed by atoms with Crippen LogP contribution in [-0.2, 0) is 19.4 Å². The highest BCUT2D eigenvalue weighted by Gasteiger charge is 2.33. The molecule has 0 unspecified atom stereocenters. The second kappa shape index (κ2) is 11.5. The van der Waals surface area contributed by atoms with Crippen molar-refractivity contribution in [2.45, 2.75) is 46.6 Å². The summed E-state index contributed by atoms with van der Waals surface area (Å²) in [6.45, 7) is 11.3. The summed E-state index contributed by atoms with van der Waals surface area (Å²) in [7, 11) is 0. The maximum atomic E-state index is 13.4. The van der Waals surface area contributed by atoms with Gasteiger partial charge in [-0.25, -0.2) is 4.99 Å². The lowest BCUT2D eigenvalue weighted by Crippen LogP contribution is -2.28. The predicted octanol–water partition coefficient (Wildman–Crippen LogP) is 8.26. The van der Waals surface area contributed by atoms with E-state index in [1.165, 1.54) is 4.88 Å². The van der Waals surface area contributed by atoms with E-state index in [-0.39, 0.29) is 11.3 Å². The van der Waals surface area contributed by atoms with Crippen molar-refractivity contribution in [2.24, 2.45) is 16.3 Å². The lowest BCUT2D eigenvalue weighted by Gasteiger charge is -2.33. The Morgan fingerprint density at radius 2 is 2.08 bits per heavy atom. The Morgan fingerprint density at radius 3 is 2.72 bits per heavy atom. The van der Waals surface area contributed by atoms with Gasteiger partial charge in [-0.1, -0.05) is 33.4 Å². The molecular weight excluding hydrogens is 604 g/mol. The first-order valence-corrected chi connectivity index (χ1v) is 14.3. The van der Waals surface area contributed by atoms with Gasteiger partial charge in [-0.3, -0.25) is 4.79 Å². The van der Waals surface area contributed by atoms with E-state index in [0.29, 0.717) is 30.4 Å². The highest BCUT2D eigenvalue weighted by atomic mass is 79.9. The van der Waals surface area contributed by atoms with E-state index in [9.17, 15) is 4.79 Å². The molecule has 36 heavy (non-hydrogen) atoms. The number of fused-ring (bicyclic) bond motifs is 1. The summed E-state index contributed by atoms with van der Waals surface area (Å²) in [6.07, 6.45) is 8.05. The monoisotopic (exact) mass is 632 g/mol. The lowest BCUT2D eigenvalue weighted by atomic mass is 9.72. The van der Waals surface area contributed by atoms with Crippen molar-refractivity contribution in [3.63, 3.8) is 0 Å². The summed E-state index contributed by atoms with van der Waals surface area (Å²) >= 11 is 8.80. The van der Waals surface area contributed by atoms with E-state index in [4.69, 9.17) is 14.1 Å². The zero-order chi connectivity index (χ0) is 25.9. The third kappa shape index (κ3) is 6.21. The first-order valence-electron chi connectivity index (χ1n) is 11.9. The fourth-order valence-electron chi connectivity index (χ4n) is 4.37. The molecule has 0 fully saturated rings. The Balaban J connectivity index is 1.65. The van der Waals surface area contributed by atoms with Crippen LogP contribution in [0.5, 0.6) is 5.75 Å². The average molecular weight is 634 g/mol. The smallest absolute Gasteiger partial charge is 0.255 e. The largest absolute Gasteiger partial charge is 0.487 e. The minimum Gasteiger partial charge on any atom is -0.487 e. The Labute approximate surface area is 233 Å². The van der Waals surface area contributed by atoms with Crippen LogP contribution in [0.15, 0.2) is 61.5 Å². The molecule has 8 heteroatoms.